The van der Waals surface area contributed by atoms with Crippen LogP contribution in [0.5, 0.6) is 5.75 Å². The van der Waals surface area contributed by atoms with Crippen LogP contribution in [0.4, 0.5) is 23.3 Å². The van der Waals surface area contributed by atoms with Gasteiger partial charge in [0.2, 0.25) is 10.0 Å². The van der Waals surface area contributed by atoms with Crippen LogP contribution in [0.2, 0.25) is 5.02 Å². The molecule has 0 atom stereocenters. The number of halogens is 1. The number of fused-ring (bicyclic) bond motifs is 9. The molecule has 1 aliphatic heterocycles. The summed E-state index contributed by atoms with van der Waals surface area (Å²) in [6.45, 7) is 3.62. The molecular formula is C94H92ClN23O4S. The average molecular weight is 1680 g/mol. The van der Waals surface area contributed by atoms with Gasteiger partial charge in [-0.05, 0) is 155 Å². The lowest BCUT2D eigenvalue weighted by Crippen LogP contribution is -2.39. The summed E-state index contributed by atoms with van der Waals surface area (Å²) in [4.78, 5) is 67.4. The van der Waals surface area contributed by atoms with E-state index in [1.54, 1.807) is 42.4 Å². The van der Waals surface area contributed by atoms with E-state index in [2.05, 4.69) is 124 Å². The summed E-state index contributed by atoms with van der Waals surface area (Å²) >= 11 is 6.31. The number of hydrogen-bond acceptors (Lipinski definition) is 16. The van der Waals surface area contributed by atoms with Crippen LogP contribution in [0.15, 0.2) is 220 Å². The Morgan fingerprint density at radius 1 is 0.504 bits per heavy atom. The molecule has 13 aromatic heterocycles. The lowest BCUT2D eigenvalue weighted by atomic mass is 9.81. The van der Waals surface area contributed by atoms with Crippen molar-refractivity contribution in [3.8, 4) is 51.3 Å². The molecule has 14 N–H and O–H groups in total. The molecule has 3 aliphatic carbocycles. The monoisotopic (exact) mass is 1670 g/mol. The fraction of sp³-hybridized carbons (Fsp3) is 0.245. The van der Waals surface area contributed by atoms with Crippen molar-refractivity contribution in [1.82, 2.24) is 92.0 Å². The number of rotatable bonds is 16. The standard InChI is InChI=1S/C30H29N7O.C24H21N5O.C22H26N6O2S.C18H16ClN5/c31-28-27-26(25-15-20-5-1-3-7-23(20)35-25)36-29(37(27)14-13-32-28)19-11-9-18(10-12-19)16-34-30(38)22-17-33-24-8-4-2-6-21(22)24;1-30-17-8-6-16(7-9-17)24(10-11-24)23-28-20(21-22(25)26-12-13-29(21)23)19-14-15-4-2-3-5-18(15)27-19;1-2-13-31(29,30)27-10-7-15(8-11-27)22-26-19(20-21(23)24-9-12-28(20)22)18-14-16-5-3-4-6-17(16)25-18;19-12-5-2-6-13-11(12)9-14(22-13)15-16-17(20)21-7-8-24(16)18(23-15)10-3-1-4-10/h1-8,13-15,17-19,33,35H,9-12,16H2,(H2,31,32)(H,34,38);2-9,12-14,27H,10-11H2,1H3,(H2,25,26);3-6,9,12,14-15,25H,2,7-8,10-11,13H2,1H3,(H2,23,24);2,5-10,22H,1,3-4H2,(H2,20,21). The number of aromatic nitrogens is 17. The second-order valence-corrected chi connectivity index (χ2v) is 35.2. The van der Waals surface area contributed by atoms with Gasteiger partial charge in [-0.3, -0.25) is 22.4 Å². The van der Waals surface area contributed by atoms with Crippen molar-refractivity contribution in [3.05, 3.63) is 259 Å². The first kappa shape index (κ1) is 77.8. The molecule has 6 aromatic carbocycles. The van der Waals surface area contributed by atoms with Crippen LogP contribution in [0.3, 0.4) is 0 Å². The molecule has 0 unspecified atom stereocenters. The zero-order valence-corrected chi connectivity index (χ0v) is 69.5. The number of nitrogens with one attached hydrogen (secondary N) is 6. The van der Waals surface area contributed by atoms with Crippen LogP contribution in [0.1, 0.15) is 141 Å². The molecule has 23 rings (SSSR count). The number of ether oxygens (including phenoxy) is 1. The van der Waals surface area contributed by atoms with Gasteiger partial charge in [0.15, 0.2) is 0 Å². The normalized spacial score (nSPS) is 16.3. The number of nitrogens with two attached hydrogens (primary N) is 4. The minimum atomic E-state index is -3.17. The number of benzene rings is 6. The van der Waals surface area contributed by atoms with E-state index in [-0.39, 0.29) is 23.0 Å². The van der Waals surface area contributed by atoms with Gasteiger partial charge in [-0.2, -0.15) is 0 Å². The Hall–Kier alpha value is -13.8. The number of carbonyl (C=O) groups excluding carboxylic acids is 1. The summed E-state index contributed by atoms with van der Waals surface area (Å²) in [5.74, 6) is 8.37. The Morgan fingerprint density at radius 3 is 1.41 bits per heavy atom. The average Bonchev–Trinajstić information content (AvgIpc) is 1.62. The van der Waals surface area contributed by atoms with E-state index in [4.69, 9.17) is 59.2 Å². The van der Waals surface area contributed by atoms with E-state index in [1.165, 1.54) is 24.8 Å². The third-order valence-corrected chi connectivity index (χ3v) is 27.6. The molecule has 19 aromatic rings. The molecule has 620 valence electrons. The van der Waals surface area contributed by atoms with Gasteiger partial charge in [-0.1, -0.05) is 116 Å². The zero-order chi connectivity index (χ0) is 83.8. The topological polar surface area (TPSA) is 380 Å². The Bertz CT molecular complexity index is 7230. The maximum absolute atomic E-state index is 12.9. The second kappa shape index (κ2) is 32.0. The predicted octanol–water partition coefficient (Wildman–Crippen LogP) is 18.0. The molecule has 1 saturated heterocycles. The van der Waals surface area contributed by atoms with Crippen molar-refractivity contribution < 1.29 is 17.9 Å². The van der Waals surface area contributed by atoms with E-state index in [0.29, 0.717) is 72.6 Å². The second-order valence-electron chi connectivity index (χ2n) is 32.7. The first-order chi connectivity index (χ1) is 60.0. The summed E-state index contributed by atoms with van der Waals surface area (Å²) in [5.41, 5.74) is 42.5. The number of sulfonamides is 1. The lowest BCUT2D eigenvalue weighted by molar-refractivity contribution is 0.0944. The van der Waals surface area contributed by atoms with E-state index >= 15 is 0 Å². The summed E-state index contributed by atoms with van der Waals surface area (Å²) < 4.78 is 40.2. The Balaban J connectivity index is 0.000000105. The number of para-hydroxylation sites is 4. The molecule has 123 heavy (non-hydrogen) atoms. The van der Waals surface area contributed by atoms with E-state index in [9.17, 15) is 13.2 Å². The number of H-pyrrole nitrogens is 5. The Labute approximate surface area is 711 Å². The van der Waals surface area contributed by atoms with Gasteiger partial charge in [0.05, 0.1) is 46.6 Å². The molecule has 4 aliphatic rings. The Morgan fingerprint density at radius 2 is 0.943 bits per heavy atom. The van der Waals surface area contributed by atoms with Crippen molar-refractivity contribution in [2.75, 3.05) is 55.4 Å². The smallest absolute Gasteiger partial charge is 0.253 e. The number of amides is 1. The number of hydrogen-bond donors (Lipinski definition) is 10. The highest BCUT2D eigenvalue weighted by Crippen LogP contribution is 2.54. The van der Waals surface area contributed by atoms with Crippen LogP contribution in [0.25, 0.3) is 122 Å². The van der Waals surface area contributed by atoms with Gasteiger partial charge in [-0.25, -0.2) is 52.6 Å². The third kappa shape index (κ3) is 14.4. The molecule has 4 fully saturated rings. The van der Waals surface area contributed by atoms with E-state index < -0.39 is 10.0 Å². The fourth-order valence-electron chi connectivity index (χ4n) is 18.5. The highest BCUT2D eigenvalue weighted by Gasteiger charge is 2.50. The minimum absolute atomic E-state index is 0.0187. The minimum Gasteiger partial charge on any atom is -0.497 e. The van der Waals surface area contributed by atoms with Gasteiger partial charge >= 0.3 is 0 Å². The molecule has 0 radical (unpaired) electrons. The van der Waals surface area contributed by atoms with Crippen molar-refractivity contribution in [3.63, 3.8) is 0 Å². The molecule has 27 nitrogen and oxygen atoms in total. The van der Waals surface area contributed by atoms with Crippen molar-refractivity contribution in [1.29, 1.82) is 0 Å². The fourth-order valence-corrected chi connectivity index (χ4v) is 20.2. The summed E-state index contributed by atoms with van der Waals surface area (Å²) in [6.07, 6.45) is 28.4. The van der Waals surface area contributed by atoms with Crippen molar-refractivity contribution in [2.45, 2.75) is 107 Å². The van der Waals surface area contributed by atoms with Crippen molar-refractivity contribution >= 4 is 127 Å². The highest BCUT2D eigenvalue weighted by atomic mass is 35.5. The molecule has 0 spiro atoms. The first-order valence-electron chi connectivity index (χ1n) is 42.0. The maximum Gasteiger partial charge on any atom is 0.253 e. The number of methoxy groups -OCH3 is 1. The summed E-state index contributed by atoms with van der Waals surface area (Å²) in [7, 11) is -1.48. The number of piperidine rings is 1. The van der Waals surface area contributed by atoms with E-state index in [1.807, 2.05) is 139 Å². The number of anilines is 4. The lowest BCUT2D eigenvalue weighted by Gasteiger charge is -2.30. The molecule has 3 saturated carbocycles. The highest BCUT2D eigenvalue weighted by molar-refractivity contribution is 7.89. The van der Waals surface area contributed by atoms with Crippen LogP contribution in [-0.2, 0) is 15.4 Å². The number of carbonyl (C=O) groups is 1. The van der Waals surface area contributed by atoms with Gasteiger partial charge in [0, 0.05) is 153 Å². The van der Waals surface area contributed by atoms with Crippen LogP contribution >= 0.6 is 11.6 Å². The quantitative estimate of drug-likeness (QED) is 0.0430. The molecule has 0 bridgehead atoms. The third-order valence-electron chi connectivity index (χ3n) is 25.2. The summed E-state index contributed by atoms with van der Waals surface area (Å²) in [6, 6.07) is 54.9. The van der Waals surface area contributed by atoms with Gasteiger partial charge < -0.3 is 57.9 Å². The molecule has 1 amide bonds. The van der Waals surface area contributed by atoms with E-state index in [0.717, 1.165) is 208 Å². The van der Waals surface area contributed by atoms with Crippen molar-refractivity contribution in [2.24, 2.45) is 5.92 Å². The van der Waals surface area contributed by atoms with Crippen LogP contribution < -0.4 is 33.0 Å². The molecule has 29 heteroatoms. The molecule has 14 heterocycles. The maximum atomic E-state index is 12.9. The van der Waals surface area contributed by atoms with Crippen LogP contribution in [0, 0.1) is 5.92 Å². The van der Waals surface area contributed by atoms with Gasteiger partial charge in [-0.15, -0.1) is 0 Å². The number of nitrogen functional groups attached to an aromatic ring is 4. The van der Waals surface area contributed by atoms with Gasteiger partial charge in [0.1, 0.15) is 97.2 Å². The summed E-state index contributed by atoms with van der Waals surface area (Å²) in [5, 5.41) is 9.24. The number of nitrogens with zero attached hydrogens (tertiary/aromatic N) is 13. The largest absolute Gasteiger partial charge is 0.497 e. The Kier molecular flexibility index (Phi) is 20.2. The zero-order valence-electron chi connectivity index (χ0n) is 68.0. The number of aromatic amines is 5. The predicted molar refractivity (Wildman–Crippen MR) is 486 cm³/mol. The van der Waals surface area contributed by atoms with Gasteiger partial charge in [0.25, 0.3) is 5.91 Å². The molecular weight excluding hydrogens is 1580 g/mol. The first-order valence-corrected chi connectivity index (χ1v) is 44.0. The van der Waals surface area contributed by atoms with Crippen LogP contribution in [-0.4, -0.2) is 134 Å². The SMILES string of the molecule is CCCS(=O)(=O)N1CCC(c2nc(-c3cc4ccccc4[nH]3)c3c(N)nccn23)CC1.COc1ccc(C2(c3nc(-c4cc5ccccc5[nH]4)c4c(N)nccn34)CC2)cc1.Nc1nccn2c(C3CCC(CNC(=O)c4c[nH]c5ccccc45)CC3)nc(-c3cc4ccccc4[nH]3)c12.Nc1nccn2c(C3CCC3)nc(-c3cc4c(Cl)cccc4[nH]3)c12. The number of imidazole rings is 4.